The van der Waals surface area contributed by atoms with Crippen molar-refractivity contribution in [3.63, 3.8) is 0 Å². The van der Waals surface area contributed by atoms with Crippen molar-refractivity contribution in [2.45, 2.75) is 0 Å². The molecule has 6 heteroatoms. The second kappa shape index (κ2) is 5.05. The summed E-state index contributed by atoms with van der Waals surface area (Å²) in [5.74, 6) is -1.41. The number of carboxylic acids is 1. The summed E-state index contributed by atoms with van der Waals surface area (Å²) in [6.45, 7) is 0. The summed E-state index contributed by atoms with van der Waals surface area (Å²) in [6, 6.07) is 5.96. The minimum absolute atomic E-state index is 0.0723. The summed E-state index contributed by atoms with van der Waals surface area (Å²) < 4.78 is 0. The number of carboxylic acid groups (broad SMARTS) is 1. The van der Waals surface area contributed by atoms with E-state index in [1.165, 1.54) is 30.7 Å². The smallest absolute Gasteiger partial charge is 0.354 e. The zero-order valence-corrected chi connectivity index (χ0v) is 9.20. The Labute approximate surface area is 102 Å². The number of amides is 1. The third-order valence-electron chi connectivity index (χ3n) is 2.18. The van der Waals surface area contributed by atoms with Crippen molar-refractivity contribution < 1.29 is 14.7 Å². The van der Waals surface area contributed by atoms with Crippen LogP contribution in [0.4, 0.5) is 5.69 Å². The predicted molar refractivity (Wildman–Crippen MR) is 63.4 cm³/mol. The Bertz CT molecular complexity index is 567. The lowest BCUT2D eigenvalue weighted by Crippen LogP contribution is -2.12. The van der Waals surface area contributed by atoms with Crippen LogP contribution < -0.4 is 5.32 Å². The quantitative estimate of drug-likeness (QED) is 0.850. The first-order valence-electron chi connectivity index (χ1n) is 5.07. The normalized spacial score (nSPS) is 9.78. The highest BCUT2D eigenvalue weighted by Gasteiger charge is 2.07. The lowest BCUT2D eigenvalue weighted by molar-refractivity contribution is 0.0690. The average molecular weight is 243 g/mol. The lowest BCUT2D eigenvalue weighted by atomic mass is 10.2. The number of carbonyl (C=O) groups is 2. The van der Waals surface area contributed by atoms with E-state index < -0.39 is 5.97 Å². The Balaban J connectivity index is 2.10. The molecular formula is C12H9N3O3. The summed E-state index contributed by atoms with van der Waals surface area (Å²) in [4.78, 5) is 29.9. The van der Waals surface area contributed by atoms with Crippen LogP contribution in [0.2, 0.25) is 0 Å². The lowest BCUT2D eigenvalue weighted by Gasteiger charge is -2.04. The zero-order valence-electron chi connectivity index (χ0n) is 9.20. The van der Waals surface area contributed by atoms with Gasteiger partial charge in [-0.05, 0) is 24.3 Å². The molecule has 0 atom stereocenters. The molecule has 0 bridgehead atoms. The van der Waals surface area contributed by atoms with Crippen LogP contribution in [0.5, 0.6) is 0 Å². The molecule has 0 aliphatic rings. The van der Waals surface area contributed by atoms with E-state index in [9.17, 15) is 9.59 Å². The van der Waals surface area contributed by atoms with Crippen LogP contribution in [0.3, 0.4) is 0 Å². The van der Waals surface area contributed by atoms with Crippen molar-refractivity contribution in [1.29, 1.82) is 0 Å². The number of nitrogens with zero attached hydrogens (tertiary/aromatic N) is 2. The van der Waals surface area contributed by atoms with Gasteiger partial charge >= 0.3 is 5.97 Å². The third-order valence-corrected chi connectivity index (χ3v) is 2.18. The molecule has 0 fully saturated rings. The molecule has 18 heavy (non-hydrogen) atoms. The molecule has 2 aromatic heterocycles. The Morgan fingerprint density at radius 2 is 1.83 bits per heavy atom. The van der Waals surface area contributed by atoms with Gasteiger partial charge in [0.15, 0.2) is 0 Å². The van der Waals surface area contributed by atoms with Crippen LogP contribution in [-0.2, 0) is 0 Å². The molecule has 0 spiro atoms. The van der Waals surface area contributed by atoms with Crippen molar-refractivity contribution in [2.24, 2.45) is 0 Å². The Hall–Kier alpha value is -2.76. The third kappa shape index (κ3) is 2.67. The fourth-order valence-electron chi connectivity index (χ4n) is 1.30. The van der Waals surface area contributed by atoms with Gasteiger partial charge in [-0.15, -0.1) is 0 Å². The summed E-state index contributed by atoms with van der Waals surface area (Å²) >= 11 is 0. The van der Waals surface area contributed by atoms with Crippen molar-refractivity contribution in [3.05, 3.63) is 54.1 Å². The largest absolute Gasteiger partial charge is 0.477 e. The topological polar surface area (TPSA) is 92.2 Å². The molecule has 0 radical (unpaired) electrons. The minimum atomic E-state index is -1.11. The van der Waals surface area contributed by atoms with Gasteiger partial charge in [-0.2, -0.15) is 0 Å². The molecule has 2 heterocycles. The van der Waals surface area contributed by atoms with E-state index in [4.69, 9.17) is 5.11 Å². The summed E-state index contributed by atoms with van der Waals surface area (Å²) in [6.07, 6.45) is 4.32. The van der Waals surface area contributed by atoms with Crippen LogP contribution >= 0.6 is 0 Å². The number of aromatic nitrogens is 2. The van der Waals surface area contributed by atoms with Gasteiger partial charge in [0.25, 0.3) is 5.91 Å². The van der Waals surface area contributed by atoms with Crippen LogP contribution in [-0.4, -0.2) is 27.0 Å². The molecule has 0 saturated carbocycles. The highest BCUT2D eigenvalue weighted by Crippen LogP contribution is 2.08. The Kier molecular flexibility index (Phi) is 3.29. The molecule has 0 aromatic carbocycles. The maximum atomic E-state index is 11.7. The first kappa shape index (κ1) is 11.7. The predicted octanol–water partition coefficient (Wildman–Crippen LogP) is 1.43. The highest BCUT2D eigenvalue weighted by molar-refractivity contribution is 6.04. The van der Waals surface area contributed by atoms with Crippen LogP contribution in [0, 0.1) is 0 Å². The van der Waals surface area contributed by atoms with E-state index in [1.54, 1.807) is 12.1 Å². The molecule has 2 rings (SSSR count). The molecule has 0 aliphatic carbocycles. The standard InChI is InChI=1S/C12H9N3O3/c16-11(8-3-5-13-6-4-8)15-9-1-2-10(12(17)18)14-7-9/h1-7H,(H,15,16)(H,17,18). The number of pyridine rings is 2. The van der Waals surface area contributed by atoms with E-state index in [0.29, 0.717) is 11.3 Å². The monoisotopic (exact) mass is 243 g/mol. The fraction of sp³-hybridized carbons (Fsp3) is 0. The zero-order chi connectivity index (χ0) is 13.0. The highest BCUT2D eigenvalue weighted by atomic mass is 16.4. The molecule has 0 unspecified atom stereocenters. The molecule has 2 aromatic rings. The van der Waals surface area contributed by atoms with Crippen LogP contribution in [0.25, 0.3) is 0 Å². The molecule has 2 N–H and O–H groups in total. The van der Waals surface area contributed by atoms with Gasteiger partial charge in [0, 0.05) is 18.0 Å². The molecule has 90 valence electrons. The molecule has 0 saturated heterocycles. The fourth-order valence-corrected chi connectivity index (χ4v) is 1.30. The number of hydrogen-bond acceptors (Lipinski definition) is 4. The first-order valence-corrected chi connectivity index (χ1v) is 5.07. The SMILES string of the molecule is O=C(Nc1ccc(C(=O)O)nc1)c1ccncc1. The number of carbonyl (C=O) groups excluding carboxylic acids is 1. The number of nitrogens with one attached hydrogen (secondary N) is 1. The molecule has 6 nitrogen and oxygen atoms in total. The van der Waals surface area contributed by atoms with Gasteiger partial charge in [-0.3, -0.25) is 9.78 Å². The second-order valence-corrected chi connectivity index (χ2v) is 3.43. The van der Waals surface area contributed by atoms with E-state index in [-0.39, 0.29) is 11.6 Å². The summed E-state index contributed by atoms with van der Waals surface area (Å²) in [7, 11) is 0. The Morgan fingerprint density at radius 3 is 2.39 bits per heavy atom. The van der Waals surface area contributed by atoms with E-state index in [2.05, 4.69) is 15.3 Å². The van der Waals surface area contributed by atoms with E-state index in [0.717, 1.165) is 0 Å². The second-order valence-electron chi connectivity index (χ2n) is 3.43. The van der Waals surface area contributed by atoms with Crippen molar-refractivity contribution in [1.82, 2.24) is 9.97 Å². The van der Waals surface area contributed by atoms with Gasteiger partial charge < -0.3 is 10.4 Å². The number of aromatic carboxylic acids is 1. The maximum Gasteiger partial charge on any atom is 0.354 e. The van der Waals surface area contributed by atoms with Gasteiger partial charge in [-0.25, -0.2) is 9.78 Å². The number of hydrogen-bond donors (Lipinski definition) is 2. The van der Waals surface area contributed by atoms with E-state index in [1.807, 2.05) is 0 Å². The van der Waals surface area contributed by atoms with Crippen LogP contribution in [0.1, 0.15) is 20.8 Å². The molecule has 0 aliphatic heterocycles. The van der Waals surface area contributed by atoms with Crippen molar-refractivity contribution in [3.8, 4) is 0 Å². The van der Waals surface area contributed by atoms with Gasteiger partial charge in [0.1, 0.15) is 5.69 Å². The van der Waals surface area contributed by atoms with Gasteiger partial charge in [-0.1, -0.05) is 0 Å². The summed E-state index contributed by atoms with van der Waals surface area (Å²) in [5, 5.41) is 11.3. The van der Waals surface area contributed by atoms with Gasteiger partial charge in [0.2, 0.25) is 0 Å². The molecular weight excluding hydrogens is 234 g/mol. The van der Waals surface area contributed by atoms with Crippen molar-refractivity contribution >= 4 is 17.6 Å². The maximum absolute atomic E-state index is 11.7. The van der Waals surface area contributed by atoms with Crippen molar-refractivity contribution in [2.75, 3.05) is 5.32 Å². The van der Waals surface area contributed by atoms with Gasteiger partial charge in [0.05, 0.1) is 11.9 Å². The number of anilines is 1. The van der Waals surface area contributed by atoms with E-state index >= 15 is 0 Å². The summed E-state index contributed by atoms with van der Waals surface area (Å²) in [5.41, 5.74) is 0.825. The minimum Gasteiger partial charge on any atom is -0.477 e. The Morgan fingerprint density at radius 1 is 1.11 bits per heavy atom. The van der Waals surface area contributed by atoms with Crippen LogP contribution in [0.15, 0.2) is 42.9 Å². The number of rotatable bonds is 3. The first-order chi connectivity index (χ1) is 8.66. The molecule has 1 amide bonds. The average Bonchev–Trinajstić information content (AvgIpc) is 2.40.